The van der Waals surface area contributed by atoms with E-state index in [4.69, 9.17) is 16.3 Å². The van der Waals surface area contributed by atoms with Crippen LogP contribution >= 0.6 is 11.6 Å². The molecule has 0 bridgehead atoms. The van der Waals surface area contributed by atoms with Crippen molar-refractivity contribution < 1.29 is 19.1 Å². The number of hydrogen-bond acceptors (Lipinski definition) is 4. The molecule has 1 aromatic carbocycles. The second-order valence-electron chi connectivity index (χ2n) is 4.90. The van der Waals surface area contributed by atoms with Crippen molar-refractivity contribution in [2.45, 2.75) is 18.1 Å². The highest BCUT2D eigenvalue weighted by Gasteiger charge is 2.72. The summed E-state index contributed by atoms with van der Waals surface area (Å²) >= 11 is 5.66. The van der Waals surface area contributed by atoms with E-state index in [0.29, 0.717) is 12.0 Å². The van der Waals surface area contributed by atoms with Gasteiger partial charge >= 0.3 is 5.97 Å². The maximum Gasteiger partial charge on any atom is 0.344 e. The van der Waals surface area contributed by atoms with Crippen LogP contribution in [0.25, 0.3) is 0 Å². The van der Waals surface area contributed by atoms with Crippen LogP contribution in [0.5, 0.6) is 0 Å². The van der Waals surface area contributed by atoms with E-state index >= 15 is 0 Å². The summed E-state index contributed by atoms with van der Waals surface area (Å²) in [5, 5.41) is 2.53. The number of Topliss-reactive ketones (excluding diaryl/α,β-unsaturated/α-hetero) is 1. The molecule has 2 heterocycles. The predicted molar refractivity (Wildman–Crippen MR) is 70.4 cm³/mol. The van der Waals surface area contributed by atoms with Gasteiger partial charge in [-0.1, -0.05) is 30.3 Å². The third kappa shape index (κ3) is 1.59. The number of hydrogen-bond donors (Lipinski definition) is 1. The lowest BCUT2D eigenvalue weighted by Gasteiger charge is -2.41. The molecule has 1 N–H and O–H groups in total. The maximum absolute atomic E-state index is 12.6. The molecule has 6 heteroatoms. The number of fused-ring (bicyclic) bond motifs is 1. The highest BCUT2D eigenvalue weighted by Crippen LogP contribution is 2.42. The summed E-state index contributed by atoms with van der Waals surface area (Å²) in [6.07, 6.45) is -0.385. The van der Waals surface area contributed by atoms with Crippen molar-refractivity contribution in [3.05, 3.63) is 35.9 Å². The van der Waals surface area contributed by atoms with Crippen LogP contribution < -0.4 is 5.32 Å². The minimum absolute atomic E-state index is 0.266. The summed E-state index contributed by atoms with van der Waals surface area (Å²) in [5.41, 5.74) is -1.18. The molecule has 3 rings (SSSR count). The Hall–Kier alpha value is -1.88. The number of esters is 1. The third-order valence-electron chi connectivity index (χ3n) is 3.82. The largest absolute Gasteiger partial charge is 0.456 e. The molecule has 1 amide bonds. The van der Waals surface area contributed by atoms with Crippen LogP contribution in [0.3, 0.4) is 0 Å². The number of carbonyl (C=O) groups is 3. The van der Waals surface area contributed by atoms with Gasteiger partial charge in [0.2, 0.25) is 17.2 Å². The van der Waals surface area contributed by atoms with Crippen molar-refractivity contribution in [2.75, 3.05) is 5.88 Å². The van der Waals surface area contributed by atoms with Crippen molar-refractivity contribution in [2.24, 2.45) is 5.92 Å². The first kappa shape index (κ1) is 13.1. The highest BCUT2D eigenvalue weighted by molar-refractivity contribution is 6.23. The number of rotatable bonds is 4. The van der Waals surface area contributed by atoms with Gasteiger partial charge in [0.05, 0.1) is 5.92 Å². The van der Waals surface area contributed by atoms with E-state index < -0.39 is 29.3 Å². The topological polar surface area (TPSA) is 72.5 Å². The van der Waals surface area contributed by atoms with Gasteiger partial charge in [-0.25, -0.2) is 4.79 Å². The molecule has 2 aliphatic heterocycles. The minimum atomic E-state index is -1.56. The Morgan fingerprint density at radius 3 is 2.60 bits per heavy atom. The van der Waals surface area contributed by atoms with Crippen LogP contribution in [-0.4, -0.2) is 35.2 Å². The van der Waals surface area contributed by atoms with Gasteiger partial charge < -0.3 is 10.1 Å². The Morgan fingerprint density at radius 1 is 1.30 bits per heavy atom. The zero-order chi connectivity index (χ0) is 14.3. The number of ketones is 1. The standard InChI is InChI=1S/C14H12ClNO4/c15-7-6-9-11-14(13(19)20-11,16-12(9)18)10(17)8-4-2-1-3-5-8/h1-5,9,11H,6-7H2,(H,16,18)/t9-,11+,14-/m1/s1. The fourth-order valence-corrected chi connectivity index (χ4v) is 3.02. The molecule has 20 heavy (non-hydrogen) atoms. The Kier molecular flexibility index (Phi) is 3.01. The first-order valence-corrected chi connectivity index (χ1v) is 6.83. The van der Waals surface area contributed by atoms with Crippen LogP contribution in [0.15, 0.2) is 30.3 Å². The molecule has 2 saturated heterocycles. The summed E-state index contributed by atoms with van der Waals surface area (Å²) in [4.78, 5) is 36.4. The van der Waals surface area contributed by atoms with Crippen LogP contribution in [0.1, 0.15) is 16.8 Å². The van der Waals surface area contributed by atoms with E-state index in [1.165, 1.54) is 0 Å². The van der Waals surface area contributed by atoms with Gasteiger partial charge in [0.25, 0.3) is 0 Å². The first-order valence-electron chi connectivity index (χ1n) is 6.30. The SMILES string of the molecule is O=C1N[C@@]2(C(=O)c3ccccc3)C(=O)O[C@H]2[C@H]1CCCl. The molecular formula is C14H12ClNO4. The summed E-state index contributed by atoms with van der Waals surface area (Å²) < 4.78 is 5.04. The van der Waals surface area contributed by atoms with E-state index in [-0.39, 0.29) is 11.8 Å². The summed E-state index contributed by atoms with van der Waals surface area (Å²) in [6.45, 7) is 0. The van der Waals surface area contributed by atoms with Crippen LogP contribution in [0.4, 0.5) is 0 Å². The van der Waals surface area contributed by atoms with Crippen LogP contribution in [0, 0.1) is 5.92 Å². The molecular weight excluding hydrogens is 282 g/mol. The second kappa shape index (κ2) is 4.59. The number of amides is 1. The normalized spacial score (nSPS) is 31.1. The fraction of sp³-hybridized carbons (Fsp3) is 0.357. The monoisotopic (exact) mass is 293 g/mol. The number of alkyl halides is 1. The van der Waals surface area contributed by atoms with Gasteiger partial charge in [0, 0.05) is 11.4 Å². The lowest BCUT2D eigenvalue weighted by molar-refractivity contribution is -0.184. The average Bonchev–Trinajstić information content (AvgIpc) is 2.69. The van der Waals surface area contributed by atoms with Gasteiger partial charge in [-0.2, -0.15) is 0 Å². The van der Waals surface area contributed by atoms with Gasteiger partial charge in [-0.05, 0) is 6.42 Å². The average molecular weight is 294 g/mol. The molecule has 0 aromatic heterocycles. The Bertz CT molecular complexity index is 588. The number of carbonyl (C=O) groups excluding carboxylic acids is 3. The molecule has 0 saturated carbocycles. The van der Waals surface area contributed by atoms with Gasteiger partial charge in [-0.15, -0.1) is 11.6 Å². The Labute approximate surface area is 120 Å². The summed E-state index contributed by atoms with van der Waals surface area (Å²) in [6, 6.07) is 8.40. The van der Waals surface area contributed by atoms with Gasteiger partial charge in [-0.3, -0.25) is 9.59 Å². The first-order chi connectivity index (χ1) is 9.61. The van der Waals surface area contributed by atoms with Crippen LogP contribution in [-0.2, 0) is 14.3 Å². The smallest absolute Gasteiger partial charge is 0.344 e. The lowest BCUT2D eigenvalue weighted by atomic mass is 9.77. The number of benzene rings is 1. The fourth-order valence-electron chi connectivity index (χ4n) is 2.78. The molecule has 1 aromatic rings. The zero-order valence-electron chi connectivity index (χ0n) is 10.5. The molecule has 0 spiro atoms. The molecule has 2 aliphatic rings. The molecule has 2 fully saturated rings. The van der Waals surface area contributed by atoms with E-state index in [2.05, 4.69) is 5.32 Å². The van der Waals surface area contributed by atoms with Crippen molar-refractivity contribution in [1.29, 1.82) is 0 Å². The summed E-state index contributed by atoms with van der Waals surface area (Å²) in [5.74, 6) is -1.77. The lowest BCUT2D eigenvalue weighted by Crippen LogP contribution is -2.71. The van der Waals surface area contributed by atoms with Crippen LogP contribution in [0.2, 0.25) is 0 Å². The molecule has 3 atom stereocenters. The number of halogens is 1. The van der Waals surface area contributed by atoms with E-state index in [1.807, 2.05) is 0 Å². The Morgan fingerprint density at radius 2 is 2.00 bits per heavy atom. The van der Waals surface area contributed by atoms with Gasteiger partial charge in [0.1, 0.15) is 0 Å². The molecule has 5 nitrogen and oxygen atoms in total. The molecule has 104 valence electrons. The Balaban J connectivity index is 1.97. The van der Waals surface area contributed by atoms with E-state index in [9.17, 15) is 14.4 Å². The molecule has 0 radical (unpaired) electrons. The van der Waals surface area contributed by atoms with Crippen molar-refractivity contribution in [3.63, 3.8) is 0 Å². The van der Waals surface area contributed by atoms with Gasteiger partial charge in [0.15, 0.2) is 6.10 Å². The molecule has 0 unspecified atom stereocenters. The predicted octanol–water partition coefficient (Wildman–Crippen LogP) is 0.908. The quantitative estimate of drug-likeness (QED) is 0.388. The van der Waals surface area contributed by atoms with E-state index in [0.717, 1.165) is 0 Å². The van der Waals surface area contributed by atoms with Crippen molar-refractivity contribution in [1.82, 2.24) is 5.32 Å². The minimum Gasteiger partial charge on any atom is -0.456 e. The van der Waals surface area contributed by atoms with Crippen molar-refractivity contribution in [3.8, 4) is 0 Å². The maximum atomic E-state index is 12.6. The molecule has 0 aliphatic carbocycles. The number of ether oxygens (including phenoxy) is 1. The van der Waals surface area contributed by atoms with Crippen molar-refractivity contribution >= 4 is 29.3 Å². The highest BCUT2D eigenvalue weighted by atomic mass is 35.5. The summed E-state index contributed by atoms with van der Waals surface area (Å²) in [7, 11) is 0. The van der Waals surface area contributed by atoms with E-state index in [1.54, 1.807) is 30.3 Å². The number of nitrogens with one attached hydrogen (secondary N) is 1. The zero-order valence-corrected chi connectivity index (χ0v) is 11.2. The third-order valence-corrected chi connectivity index (χ3v) is 4.04. The second-order valence-corrected chi connectivity index (χ2v) is 5.28.